The Labute approximate surface area is 116 Å². The Hall–Kier alpha value is -1.66. The molecule has 0 aliphatic heterocycles. The zero-order valence-electron chi connectivity index (χ0n) is 10.4. The summed E-state index contributed by atoms with van der Waals surface area (Å²) in [6, 6.07) is 8.22. The molecule has 0 saturated heterocycles. The third-order valence-electron chi connectivity index (χ3n) is 2.43. The van der Waals surface area contributed by atoms with E-state index in [0.717, 1.165) is 0 Å². The Morgan fingerprint density at radius 2 is 1.84 bits per heavy atom. The SMILES string of the molecule is Cc1cc(Cl)nc(NS(=O)(=O)c2ccccc2C)n1. The van der Waals surface area contributed by atoms with Crippen LogP contribution in [0.1, 0.15) is 11.3 Å². The molecular formula is C12H12ClN3O2S. The maximum absolute atomic E-state index is 12.2. The minimum Gasteiger partial charge on any atom is -0.247 e. The molecular weight excluding hydrogens is 286 g/mol. The highest BCUT2D eigenvalue weighted by atomic mass is 35.5. The summed E-state index contributed by atoms with van der Waals surface area (Å²) in [5.41, 5.74) is 1.23. The van der Waals surface area contributed by atoms with Crippen molar-refractivity contribution in [3.05, 3.63) is 46.7 Å². The van der Waals surface area contributed by atoms with Gasteiger partial charge in [-0.3, -0.25) is 0 Å². The van der Waals surface area contributed by atoms with Gasteiger partial charge >= 0.3 is 0 Å². The summed E-state index contributed by atoms with van der Waals surface area (Å²) in [6.07, 6.45) is 0. The van der Waals surface area contributed by atoms with Crippen LogP contribution in [0.25, 0.3) is 0 Å². The van der Waals surface area contributed by atoms with Crippen LogP contribution in [0, 0.1) is 13.8 Å². The van der Waals surface area contributed by atoms with Crippen molar-refractivity contribution in [2.24, 2.45) is 0 Å². The summed E-state index contributed by atoms with van der Waals surface area (Å²) in [5.74, 6) is -0.0340. The van der Waals surface area contributed by atoms with E-state index in [2.05, 4.69) is 14.7 Å². The van der Waals surface area contributed by atoms with E-state index in [9.17, 15) is 8.42 Å². The van der Waals surface area contributed by atoms with Gasteiger partial charge in [0.2, 0.25) is 5.95 Å². The first-order valence-corrected chi connectivity index (χ1v) is 7.34. The van der Waals surface area contributed by atoms with E-state index < -0.39 is 10.0 Å². The molecule has 0 unspecified atom stereocenters. The molecule has 0 spiro atoms. The molecule has 2 aromatic rings. The summed E-state index contributed by atoms with van der Waals surface area (Å²) in [5, 5.41) is 0.190. The number of hydrogen-bond donors (Lipinski definition) is 1. The number of rotatable bonds is 3. The fourth-order valence-corrected chi connectivity index (χ4v) is 3.04. The van der Waals surface area contributed by atoms with Crippen LogP contribution < -0.4 is 4.72 Å². The van der Waals surface area contributed by atoms with Crippen LogP contribution in [0.2, 0.25) is 5.15 Å². The predicted octanol–water partition coefficient (Wildman–Crippen LogP) is 2.55. The van der Waals surface area contributed by atoms with Gasteiger partial charge in [0.25, 0.3) is 10.0 Å². The fourth-order valence-electron chi connectivity index (χ4n) is 1.61. The van der Waals surface area contributed by atoms with Crippen molar-refractivity contribution < 1.29 is 8.42 Å². The molecule has 2 rings (SSSR count). The standard InChI is InChI=1S/C12H12ClN3O2S/c1-8-5-3-4-6-10(8)19(17,18)16-12-14-9(2)7-11(13)15-12/h3-7H,1-2H3,(H,14,15,16). The number of nitrogens with zero attached hydrogens (tertiary/aromatic N) is 2. The van der Waals surface area contributed by atoms with E-state index in [0.29, 0.717) is 11.3 Å². The van der Waals surface area contributed by atoms with Crippen LogP contribution in [-0.2, 0) is 10.0 Å². The smallest absolute Gasteiger partial charge is 0.247 e. The van der Waals surface area contributed by atoms with E-state index in [-0.39, 0.29) is 16.0 Å². The molecule has 5 nitrogen and oxygen atoms in total. The molecule has 7 heteroatoms. The van der Waals surface area contributed by atoms with E-state index >= 15 is 0 Å². The summed E-state index contributed by atoms with van der Waals surface area (Å²) in [6.45, 7) is 3.43. The summed E-state index contributed by atoms with van der Waals surface area (Å²) in [7, 11) is -3.71. The van der Waals surface area contributed by atoms with Crippen LogP contribution in [0.3, 0.4) is 0 Å². The van der Waals surface area contributed by atoms with Gasteiger partial charge in [0.05, 0.1) is 4.90 Å². The minimum atomic E-state index is -3.71. The van der Waals surface area contributed by atoms with Gasteiger partial charge in [0, 0.05) is 5.69 Å². The Kier molecular flexibility index (Phi) is 3.73. The van der Waals surface area contributed by atoms with Crippen molar-refractivity contribution in [3.63, 3.8) is 0 Å². The van der Waals surface area contributed by atoms with Crippen LogP contribution in [0.15, 0.2) is 35.2 Å². The first kappa shape index (κ1) is 13.8. The molecule has 0 aliphatic rings. The quantitative estimate of drug-likeness (QED) is 0.884. The average molecular weight is 298 g/mol. The first-order valence-electron chi connectivity index (χ1n) is 5.48. The molecule has 1 heterocycles. The lowest BCUT2D eigenvalue weighted by Gasteiger charge is -2.09. The summed E-state index contributed by atoms with van der Waals surface area (Å²) >= 11 is 5.77. The number of aryl methyl sites for hydroxylation is 2. The van der Waals surface area contributed by atoms with Crippen LogP contribution >= 0.6 is 11.6 Å². The van der Waals surface area contributed by atoms with Gasteiger partial charge in [-0.2, -0.15) is 0 Å². The van der Waals surface area contributed by atoms with E-state index in [1.807, 2.05) is 0 Å². The van der Waals surface area contributed by atoms with Gasteiger partial charge in [0.1, 0.15) is 5.15 Å². The number of halogens is 1. The van der Waals surface area contributed by atoms with Gasteiger partial charge in [0.15, 0.2) is 0 Å². The zero-order valence-corrected chi connectivity index (χ0v) is 12.0. The van der Waals surface area contributed by atoms with Gasteiger partial charge in [-0.15, -0.1) is 0 Å². The third-order valence-corrected chi connectivity index (χ3v) is 4.11. The highest BCUT2D eigenvalue weighted by Crippen LogP contribution is 2.18. The van der Waals surface area contributed by atoms with Gasteiger partial charge < -0.3 is 0 Å². The molecule has 0 bridgehead atoms. The molecule has 1 N–H and O–H groups in total. The number of anilines is 1. The van der Waals surface area contributed by atoms with Crippen molar-refractivity contribution in [2.45, 2.75) is 18.7 Å². The maximum atomic E-state index is 12.2. The summed E-state index contributed by atoms with van der Waals surface area (Å²) < 4.78 is 26.7. The van der Waals surface area contributed by atoms with Gasteiger partial charge in [-0.25, -0.2) is 23.1 Å². The largest absolute Gasteiger partial charge is 0.264 e. The Morgan fingerprint density at radius 3 is 2.47 bits per heavy atom. The molecule has 1 aromatic heterocycles. The van der Waals surface area contributed by atoms with E-state index in [1.165, 1.54) is 6.07 Å². The normalized spacial score (nSPS) is 11.3. The number of hydrogen-bond acceptors (Lipinski definition) is 4. The average Bonchev–Trinajstić information content (AvgIpc) is 2.26. The molecule has 0 radical (unpaired) electrons. The number of sulfonamides is 1. The maximum Gasteiger partial charge on any atom is 0.264 e. The van der Waals surface area contributed by atoms with Crippen molar-refractivity contribution in [1.29, 1.82) is 0 Å². The molecule has 1 aromatic carbocycles. The molecule has 19 heavy (non-hydrogen) atoms. The molecule has 0 fully saturated rings. The second kappa shape index (κ2) is 5.14. The number of benzene rings is 1. The lowest BCUT2D eigenvalue weighted by atomic mass is 10.2. The van der Waals surface area contributed by atoms with Crippen molar-refractivity contribution >= 4 is 27.6 Å². The summed E-state index contributed by atoms with van der Waals surface area (Å²) in [4.78, 5) is 8.02. The molecule has 0 saturated carbocycles. The van der Waals surface area contributed by atoms with E-state index in [1.54, 1.807) is 38.1 Å². The monoisotopic (exact) mass is 297 g/mol. The second-order valence-corrected chi connectivity index (χ2v) is 6.06. The zero-order chi connectivity index (χ0) is 14.0. The molecule has 100 valence electrons. The fraction of sp³-hybridized carbons (Fsp3) is 0.167. The van der Waals surface area contributed by atoms with Crippen molar-refractivity contribution in [2.75, 3.05) is 4.72 Å². The predicted molar refractivity (Wildman–Crippen MR) is 73.8 cm³/mol. The van der Waals surface area contributed by atoms with Gasteiger partial charge in [-0.1, -0.05) is 29.8 Å². The first-order chi connectivity index (χ1) is 8.88. The lowest BCUT2D eigenvalue weighted by molar-refractivity contribution is 0.600. The van der Waals surface area contributed by atoms with Gasteiger partial charge in [-0.05, 0) is 31.5 Å². The van der Waals surface area contributed by atoms with Crippen molar-refractivity contribution in [1.82, 2.24) is 9.97 Å². The van der Waals surface area contributed by atoms with Crippen molar-refractivity contribution in [3.8, 4) is 0 Å². The highest BCUT2D eigenvalue weighted by Gasteiger charge is 2.17. The van der Waals surface area contributed by atoms with E-state index in [4.69, 9.17) is 11.6 Å². The molecule has 0 atom stereocenters. The van der Waals surface area contributed by atoms with Crippen LogP contribution in [-0.4, -0.2) is 18.4 Å². The topological polar surface area (TPSA) is 72.0 Å². The Bertz CT molecular complexity index is 696. The number of nitrogens with one attached hydrogen (secondary N) is 1. The minimum absolute atomic E-state index is 0.0340. The third kappa shape index (κ3) is 3.21. The molecule has 0 aliphatic carbocycles. The highest BCUT2D eigenvalue weighted by molar-refractivity contribution is 7.92. The Morgan fingerprint density at radius 1 is 1.16 bits per heavy atom. The second-order valence-electron chi connectivity index (χ2n) is 4.03. The molecule has 0 amide bonds. The number of aromatic nitrogens is 2. The lowest BCUT2D eigenvalue weighted by Crippen LogP contribution is -2.16. The van der Waals surface area contributed by atoms with Crippen LogP contribution in [0.5, 0.6) is 0 Å². The van der Waals surface area contributed by atoms with Crippen LogP contribution in [0.4, 0.5) is 5.95 Å². The Balaban J connectivity index is 2.39.